The van der Waals surface area contributed by atoms with Crippen LogP contribution in [0.2, 0.25) is 0 Å². The average molecular weight is 744 g/mol. The van der Waals surface area contributed by atoms with E-state index in [1.54, 1.807) is 26.4 Å². The molecule has 1 atom stereocenters. The lowest BCUT2D eigenvalue weighted by Gasteiger charge is -2.36. The van der Waals surface area contributed by atoms with Gasteiger partial charge < -0.3 is 19.3 Å². The summed E-state index contributed by atoms with van der Waals surface area (Å²) in [6.45, 7) is 7.83. The molecule has 1 aromatic carbocycles. The van der Waals surface area contributed by atoms with Crippen LogP contribution >= 0.6 is 0 Å². The van der Waals surface area contributed by atoms with E-state index in [1.807, 2.05) is 31.2 Å². The average Bonchev–Trinajstić information content (AvgIpc) is 3.93. The van der Waals surface area contributed by atoms with Crippen LogP contribution in [0.15, 0.2) is 36.7 Å². The number of nitrogens with zero attached hydrogens (tertiary/aromatic N) is 8. The smallest absolute Gasteiger partial charge is 0.284 e. The monoisotopic (exact) mass is 743 g/mol. The Morgan fingerprint density at radius 2 is 1.80 bits per heavy atom. The van der Waals surface area contributed by atoms with Crippen molar-refractivity contribution in [3.05, 3.63) is 53.6 Å². The molecule has 54 heavy (non-hydrogen) atoms. The highest BCUT2D eigenvalue weighted by molar-refractivity contribution is 6.00. The van der Waals surface area contributed by atoms with Gasteiger partial charge in [0.05, 0.1) is 49.0 Å². The fourth-order valence-electron chi connectivity index (χ4n) is 8.56. The van der Waals surface area contributed by atoms with Crippen molar-refractivity contribution in [2.24, 2.45) is 5.92 Å². The molecule has 1 N–H and O–H groups in total. The number of ether oxygens (including phenoxy) is 2. The first-order chi connectivity index (χ1) is 26.3. The van der Waals surface area contributed by atoms with Gasteiger partial charge in [-0.3, -0.25) is 24.3 Å². The molecule has 8 rings (SSSR count). The fraction of sp³-hybridized carbons (Fsp3) is 0.564. The van der Waals surface area contributed by atoms with Crippen LogP contribution in [0.4, 0.5) is 14.6 Å². The number of amides is 2. The van der Waals surface area contributed by atoms with Crippen LogP contribution in [0.1, 0.15) is 86.8 Å². The van der Waals surface area contributed by atoms with Crippen LogP contribution in [0.3, 0.4) is 0 Å². The third kappa shape index (κ3) is 7.65. The molecule has 3 aromatic heterocycles. The number of halogens is 2. The first-order valence-corrected chi connectivity index (χ1v) is 19.2. The molecule has 6 heterocycles. The van der Waals surface area contributed by atoms with Crippen molar-refractivity contribution < 1.29 is 27.8 Å². The van der Waals surface area contributed by atoms with E-state index in [0.29, 0.717) is 57.4 Å². The molecule has 1 saturated carbocycles. The first kappa shape index (κ1) is 36.3. The third-order valence-electron chi connectivity index (χ3n) is 11.4. The number of benzene rings is 1. The molecule has 4 aliphatic rings. The maximum Gasteiger partial charge on any atom is 0.284 e. The molecule has 3 saturated heterocycles. The number of carbonyl (C=O) groups excluding carboxylic acids is 2. The van der Waals surface area contributed by atoms with Gasteiger partial charge in [-0.1, -0.05) is 17.9 Å². The highest BCUT2D eigenvalue weighted by Gasteiger charge is 2.32. The molecular formula is C39H47F2N9O4. The number of imide groups is 1. The summed E-state index contributed by atoms with van der Waals surface area (Å²) in [5.74, 6) is 7.24. The number of aryl methyl sites for hydroxylation is 1. The standard InChI is InChI=1S/C39H47F2N9O4/c1-26-36-28(4-2-6-31(36)49(44-26)32-11-12-34(51)43-39(32)52)5-3-21-54-30-14-17-46(18-15-30)24-27-7-9-29(10-8-27)48-25-33(37(45-48)38(40)41)50-35(13-16-42-50)47-19-22-53-23-20-47/h2,4,6,13,16,25,27,29-30,32,38H,7-12,14-15,17-24H2,1H3,(H,43,51,52). The van der Waals surface area contributed by atoms with Crippen LogP contribution in [-0.4, -0.2) is 105 Å². The zero-order valence-electron chi connectivity index (χ0n) is 30.6. The summed E-state index contributed by atoms with van der Waals surface area (Å²) in [5.41, 5.74) is 2.59. The highest BCUT2D eigenvalue weighted by atomic mass is 19.3. The molecule has 4 fully saturated rings. The molecule has 15 heteroatoms. The Morgan fingerprint density at radius 3 is 2.56 bits per heavy atom. The quantitative estimate of drug-likeness (QED) is 0.191. The van der Waals surface area contributed by atoms with E-state index in [2.05, 4.69) is 42.3 Å². The Kier molecular flexibility index (Phi) is 10.8. The Morgan fingerprint density at radius 1 is 1.00 bits per heavy atom. The summed E-state index contributed by atoms with van der Waals surface area (Å²) in [6, 6.07) is 7.25. The van der Waals surface area contributed by atoms with E-state index in [-0.39, 0.29) is 29.7 Å². The predicted molar refractivity (Wildman–Crippen MR) is 197 cm³/mol. The number of likely N-dealkylation sites (tertiary alicyclic amines) is 1. The Balaban J connectivity index is 0.806. The molecule has 0 radical (unpaired) electrons. The van der Waals surface area contributed by atoms with E-state index in [0.717, 1.165) is 86.1 Å². The Bertz CT molecular complexity index is 2030. The number of anilines is 1. The molecular weight excluding hydrogens is 696 g/mol. The molecule has 0 spiro atoms. The van der Waals surface area contributed by atoms with Gasteiger partial charge in [-0.15, -0.1) is 0 Å². The van der Waals surface area contributed by atoms with Crippen molar-refractivity contribution in [2.75, 3.05) is 57.4 Å². The summed E-state index contributed by atoms with van der Waals surface area (Å²) < 4.78 is 45.2. The molecule has 3 aliphatic heterocycles. The summed E-state index contributed by atoms with van der Waals surface area (Å²) in [4.78, 5) is 28.8. The van der Waals surface area contributed by atoms with E-state index >= 15 is 0 Å². The van der Waals surface area contributed by atoms with Gasteiger partial charge in [0.25, 0.3) is 12.3 Å². The zero-order valence-corrected chi connectivity index (χ0v) is 30.6. The number of piperidine rings is 2. The van der Waals surface area contributed by atoms with Gasteiger partial charge in [-0.2, -0.15) is 15.3 Å². The molecule has 1 unspecified atom stereocenters. The van der Waals surface area contributed by atoms with Crippen molar-refractivity contribution in [1.29, 1.82) is 0 Å². The van der Waals surface area contributed by atoms with E-state index < -0.39 is 12.5 Å². The van der Waals surface area contributed by atoms with Crippen LogP contribution in [0.25, 0.3) is 16.6 Å². The third-order valence-corrected chi connectivity index (χ3v) is 11.4. The topological polar surface area (TPSA) is 125 Å². The van der Waals surface area contributed by atoms with E-state index in [4.69, 9.17) is 9.47 Å². The second-order valence-electron chi connectivity index (χ2n) is 14.9. The van der Waals surface area contributed by atoms with Gasteiger partial charge in [0.1, 0.15) is 24.2 Å². The van der Waals surface area contributed by atoms with Gasteiger partial charge in [-0.05, 0) is 69.9 Å². The molecule has 13 nitrogen and oxygen atoms in total. The lowest BCUT2D eigenvalue weighted by atomic mass is 9.85. The predicted octanol–water partition coefficient (Wildman–Crippen LogP) is 4.74. The van der Waals surface area contributed by atoms with Crippen molar-refractivity contribution >= 4 is 28.5 Å². The number of hydrogen-bond acceptors (Lipinski definition) is 9. The van der Waals surface area contributed by atoms with E-state index in [9.17, 15) is 18.4 Å². The number of fused-ring (bicyclic) bond motifs is 1. The van der Waals surface area contributed by atoms with Crippen LogP contribution in [0.5, 0.6) is 0 Å². The lowest BCUT2D eigenvalue weighted by Crippen LogP contribution is -2.42. The molecule has 0 bridgehead atoms. The minimum absolute atomic E-state index is 0.0903. The molecule has 2 amide bonds. The molecule has 4 aromatic rings. The first-order valence-electron chi connectivity index (χ1n) is 19.2. The lowest BCUT2D eigenvalue weighted by molar-refractivity contribution is -0.135. The maximum atomic E-state index is 14.2. The number of rotatable bonds is 9. The second-order valence-corrected chi connectivity index (χ2v) is 14.9. The number of nitrogens with one attached hydrogen (secondary N) is 1. The largest absolute Gasteiger partial charge is 0.378 e. The molecule has 286 valence electrons. The number of alkyl halides is 2. The molecule has 1 aliphatic carbocycles. The highest BCUT2D eigenvalue weighted by Crippen LogP contribution is 2.36. The zero-order chi connectivity index (χ0) is 37.2. The summed E-state index contributed by atoms with van der Waals surface area (Å²) >= 11 is 0. The minimum atomic E-state index is -2.69. The fourth-order valence-corrected chi connectivity index (χ4v) is 8.56. The van der Waals surface area contributed by atoms with Gasteiger partial charge in [-0.25, -0.2) is 13.5 Å². The SMILES string of the molecule is Cc1nn(C2CCC(=O)NC2=O)c2cccc(C#CCOC3CCN(CC4CCC(n5cc(-n6nccc6N6CCOCC6)c(C(F)F)n5)CC4)CC3)c12. The Hall–Kier alpha value is -4.65. The minimum Gasteiger partial charge on any atom is -0.378 e. The van der Waals surface area contributed by atoms with E-state index in [1.165, 1.54) is 0 Å². The van der Waals surface area contributed by atoms with Crippen LogP contribution in [0, 0.1) is 24.7 Å². The van der Waals surface area contributed by atoms with Gasteiger partial charge >= 0.3 is 0 Å². The van der Waals surface area contributed by atoms with Crippen LogP contribution in [-0.2, 0) is 19.1 Å². The van der Waals surface area contributed by atoms with Gasteiger partial charge in [0.15, 0.2) is 5.69 Å². The summed E-state index contributed by atoms with van der Waals surface area (Å²) in [5, 5.41) is 16.8. The van der Waals surface area contributed by atoms with Gasteiger partial charge in [0.2, 0.25) is 5.91 Å². The second kappa shape index (κ2) is 16.0. The summed E-state index contributed by atoms with van der Waals surface area (Å²) in [7, 11) is 0. The van der Waals surface area contributed by atoms with Crippen molar-refractivity contribution in [3.63, 3.8) is 0 Å². The van der Waals surface area contributed by atoms with Gasteiger partial charge in [0, 0.05) is 56.2 Å². The Labute approximate surface area is 312 Å². The van der Waals surface area contributed by atoms with Crippen molar-refractivity contribution in [1.82, 2.24) is 39.6 Å². The number of carbonyl (C=O) groups is 2. The normalized spacial score (nSPS) is 23.2. The van der Waals surface area contributed by atoms with Crippen molar-refractivity contribution in [3.8, 4) is 17.5 Å². The maximum absolute atomic E-state index is 14.2. The van der Waals surface area contributed by atoms with Crippen molar-refractivity contribution in [2.45, 2.75) is 82.9 Å². The summed E-state index contributed by atoms with van der Waals surface area (Å²) in [6.07, 6.45) is 7.41. The van der Waals surface area contributed by atoms with Crippen LogP contribution < -0.4 is 10.2 Å². The number of hydrogen-bond donors (Lipinski definition) is 1. The number of aromatic nitrogens is 6. The number of morpholine rings is 1.